The molecule has 0 atom stereocenters. The monoisotopic (exact) mass is 481 g/mol. The average molecular weight is 482 g/mol. The van der Waals surface area contributed by atoms with E-state index in [1.807, 2.05) is 0 Å². The molecule has 5 rings (SSSR count). The normalized spacial score (nSPS) is 18.8. The van der Waals surface area contributed by atoms with Crippen molar-refractivity contribution >= 4 is 43.2 Å². The molecule has 4 aromatic rings. The van der Waals surface area contributed by atoms with Gasteiger partial charge in [-0.05, 0) is 43.2 Å². The molecule has 0 radical (unpaired) electrons. The number of aromatic nitrogens is 3. The van der Waals surface area contributed by atoms with Crippen molar-refractivity contribution in [2.45, 2.75) is 34.8 Å². The molecular formula is C20H14ClF2N3O5S. The van der Waals surface area contributed by atoms with Crippen molar-refractivity contribution in [3.8, 4) is 0 Å². The lowest BCUT2D eigenvalue weighted by molar-refractivity contribution is 0.140. The van der Waals surface area contributed by atoms with Crippen LogP contribution in [0.4, 0.5) is 8.78 Å². The Morgan fingerprint density at radius 3 is 2.56 bits per heavy atom. The second-order valence-electron chi connectivity index (χ2n) is 7.63. The Labute approximate surface area is 183 Å². The summed E-state index contributed by atoms with van der Waals surface area (Å²) in [5, 5.41) is 9.15. The van der Waals surface area contributed by atoms with Gasteiger partial charge in [-0.1, -0.05) is 16.3 Å². The average Bonchev–Trinajstić information content (AvgIpc) is 3.13. The SMILES string of the molecule is O=c1[nH]c2c(S(=O)(=O)c3cc(F)c4ccn(C5CC(F)C5)c4c3)ccc(Cl)c2c(=O)n1O. The molecule has 1 aliphatic carbocycles. The van der Waals surface area contributed by atoms with Crippen molar-refractivity contribution in [3.05, 3.63) is 68.2 Å². The number of sulfone groups is 1. The van der Waals surface area contributed by atoms with Crippen LogP contribution in [0.25, 0.3) is 21.8 Å². The molecular weight excluding hydrogens is 468 g/mol. The highest BCUT2D eigenvalue weighted by Crippen LogP contribution is 2.39. The molecule has 0 bridgehead atoms. The maximum Gasteiger partial charge on any atom is 0.362 e. The Morgan fingerprint density at radius 1 is 1.16 bits per heavy atom. The van der Waals surface area contributed by atoms with E-state index in [-0.39, 0.29) is 39.5 Å². The minimum absolute atomic E-state index is 0.184. The second kappa shape index (κ2) is 6.91. The van der Waals surface area contributed by atoms with E-state index in [1.165, 1.54) is 12.1 Å². The third-order valence-corrected chi connectivity index (χ3v) is 7.85. The summed E-state index contributed by atoms with van der Waals surface area (Å²) in [4.78, 5) is 25.4. The largest absolute Gasteiger partial charge is 0.421 e. The minimum atomic E-state index is -4.45. The van der Waals surface area contributed by atoms with Crippen LogP contribution in [-0.2, 0) is 9.84 Å². The lowest BCUT2D eigenvalue weighted by atomic mass is 9.90. The number of H-pyrrole nitrogens is 1. The summed E-state index contributed by atoms with van der Waals surface area (Å²) in [5.74, 6) is -0.791. The molecule has 8 nitrogen and oxygen atoms in total. The molecule has 2 N–H and O–H groups in total. The summed E-state index contributed by atoms with van der Waals surface area (Å²) >= 11 is 6.00. The molecule has 1 aliphatic rings. The van der Waals surface area contributed by atoms with E-state index in [2.05, 4.69) is 4.98 Å². The molecule has 0 aliphatic heterocycles. The van der Waals surface area contributed by atoms with E-state index in [1.54, 1.807) is 10.8 Å². The molecule has 2 aromatic heterocycles. The van der Waals surface area contributed by atoms with Gasteiger partial charge in [0.05, 0.1) is 31.2 Å². The van der Waals surface area contributed by atoms with Gasteiger partial charge in [0.25, 0.3) is 5.56 Å². The van der Waals surface area contributed by atoms with Gasteiger partial charge in [-0.3, -0.25) is 4.79 Å². The number of hydrogen-bond acceptors (Lipinski definition) is 5. The number of nitrogens with one attached hydrogen (secondary N) is 1. The van der Waals surface area contributed by atoms with Gasteiger partial charge >= 0.3 is 5.69 Å². The topological polar surface area (TPSA) is 114 Å². The van der Waals surface area contributed by atoms with Crippen LogP contribution in [0.1, 0.15) is 18.9 Å². The predicted molar refractivity (Wildman–Crippen MR) is 112 cm³/mol. The van der Waals surface area contributed by atoms with Crippen LogP contribution in [0.2, 0.25) is 5.02 Å². The van der Waals surface area contributed by atoms with E-state index in [0.29, 0.717) is 0 Å². The second-order valence-corrected chi connectivity index (χ2v) is 9.95. The molecule has 2 heterocycles. The van der Waals surface area contributed by atoms with E-state index in [4.69, 9.17) is 11.6 Å². The summed E-state index contributed by atoms with van der Waals surface area (Å²) in [5.41, 5.74) is -2.59. The lowest BCUT2D eigenvalue weighted by Gasteiger charge is -2.31. The Morgan fingerprint density at radius 2 is 1.88 bits per heavy atom. The molecule has 1 saturated carbocycles. The predicted octanol–water partition coefficient (Wildman–Crippen LogP) is 3.18. The van der Waals surface area contributed by atoms with Crippen molar-refractivity contribution < 1.29 is 22.4 Å². The molecule has 32 heavy (non-hydrogen) atoms. The smallest absolute Gasteiger partial charge is 0.362 e. The standard InChI is InChI=1S/C20H14ClF2N3O5S/c21-13-1-2-16(18-17(13)19(27)26(29)20(28)24-18)32(30,31)11-7-14(23)12-3-4-25(15(12)8-11)10-5-9(22)6-10/h1-4,7-10,29H,5-6H2,(H,24,28). The molecule has 1 fully saturated rings. The lowest BCUT2D eigenvalue weighted by Crippen LogP contribution is -2.33. The number of rotatable bonds is 3. The van der Waals surface area contributed by atoms with E-state index < -0.39 is 53.8 Å². The molecule has 0 saturated heterocycles. The maximum absolute atomic E-state index is 14.8. The van der Waals surface area contributed by atoms with Gasteiger partial charge in [-0.2, -0.15) is 0 Å². The van der Waals surface area contributed by atoms with Crippen molar-refractivity contribution in [1.82, 2.24) is 14.3 Å². The van der Waals surface area contributed by atoms with Crippen LogP contribution in [0.5, 0.6) is 0 Å². The number of alkyl halides is 1. The van der Waals surface area contributed by atoms with Crippen LogP contribution in [0, 0.1) is 5.82 Å². The molecule has 2 aromatic carbocycles. The molecule has 0 amide bonds. The van der Waals surface area contributed by atoms with Gasteiger partial charge in [-0.15, -0.1) is 0 Å². The van der Waals surface area contributed by atoms with Gasteiger partial charge < -0.3 is 14.8 Å². The van der Waals surface area contributed by atoms with Crippen LogP contribution in [-0.4, -0.2) is 34.1 Å². The molecule has 12 heteroatoms. The third kappa shape index (κ3) is 2.88. The maximum atomic E-state index is 14.8. The van der Waals surface area contributed by atoms with Crippen LogP contribution >= 0.6 is 11.6 Å². The number of benzene rings is 2. The summed E-state index contributed by atoms with van der Waals surface area (Å²) in [7, 11) is -4.45. The van der Waals surface area contributed by atoms with Crippen LogP contribution < -0.4 is 11.2 Å². The Balaban J connectivity index is 1.76. The zero-order valence-electron chi connectivity index (χ0n) is 16.0. The van der Waals surface area contributed by atoms with E-state index in [9.17, 15) is 32.0 Å². The van der Waals surface area contributed by atoms with Crippen molar-refractivity contribution in [3.63, 3.8) is 0 Å². The number of nitrogens with zero attached hydrogens (tertiary/aromatic N) is 2. The van der Waals surface area contributed by atoms with Gasteiger partial charge in [0.1, 0.15) is 12.0 Å². The zero-order chi connectivity index (χ0) is 22.9. The number of halogens is 3. The number of fused-ring (bicyclic) bond motifs is 2. The fourth-order valence-electron chi connectivity index (χ4n) is 4.02. The summed E-state index contributed by atoms with van der Waals surface area (Å²) in [6.07, 6.45) is 1.12. The Bertz CT molecular complexity index is 1650. The fraction of sp³-hybridized carbons (Fsp3) is 0.200. The first kappa shape index (κ1) is 20.7. The van der Waals surface area contributed by atoms with Crippen molar-refractivity contribution in [2.24, 2.45) is 0 Å². The van der Waals surface area contributed by atoms with Crippen LogP contribution in [0.15, 0.2) is 55.9 Å². The highest BCUT2D eigenvalue weighted by atomic mass is 35.5. The third-order valence-electron chi connectivity index (χ3n) is 5.76. The summed E-state index contributed by atoms with van der Waals surface area (Å²) in [6.45, 7) is 0. The molecule has 0 unspecified atom stereocenters. The summed E-state index contributed by atoms with van der Waals surface area (Å²) < 4.78 is 56.4. The fourth-order valence-corrected chi connectivity index (χ4v) is 5.70. The van der Waals surface area contributed by atoms with E-state index >= 15 is 0 Å². The quantitative estimate of drug-likeness (QED) is 0.436. The minimum Gasteiger partial charge on any atom is -0.421 e. The molecule has 166 valence electrons. The Kier molecular flexibility index (Phi) is 4.47. The zero-order valence-corrected chi connectivity index (χ0v) is 17.6. The highest BCUT2D eigenvalue weighted by Gasteiger charge is 2.32. The first-order valence-electron chi connectivity index (χ1n) is 9.45. The van der Waals surface area contributed by atoms with Gasteiger partial charge in [0.2, 0.25) is 9.84 Å². The van der Waals surface area contributed by atoms with Crippen molar-refractivity contribution in [2.75, 3.05) is 0 Å². The van der Waals surface area contributed by atoms with Gasteiger partial charge in [0, 0.05) is 17.6 Å². The van der Waals surface area contributed by atoms with Gasteiger partial charge in [-0.25, -0.2) is 22.0 Å². The van der Waals surface area contributed by atoms with Crippen LogP contribution in [0.3, 0.4) is 0 Å². The summed E-state index contributed by atoms with van der Waals surface area (Å²) in [6, 6.07) is 5.60. The first-order valence-corrected chi connectivity index (χ1v) is 11.3. The number of aromatic amines is 1. The van der Waals surface area contributed by atoms with E-state index in [0.717, 1.165) is 18.2 Å². The molecule has 0 spiro atoms. The highest BCUT2D eigenvalue weighted by molar-refractivity contribution is 7.91. The van der Waals surface area contributed by atoms with Crippen molar-refractivity contribution in [1.29, 1.82) is 0 Å². The van der Waals surface area contributed by atoms with Gasteiger partial charge in [0.15, 0.2) is 0 Å². The Hall–Kier alpha value is -3.18. The number of hydrogen-bond donors (Lipinski definition) is 2. The first-order chi connectivity index (χ1) is 15.1.